The molecule has 0 aromatic heterocycles. The van der Waals surface area contributed by atoms with Crippen LogP contribution < -0.4 is 0 Å². The zero-order valence-electron chi connectivity index (χ0n) is 9.00. The quantitative estimate of drug-likeness (QED) is 0.616. The molecule has 0 aliphatic rings. The summed E-state index contributed by atoms with van der Waals surface area (Å²) in [4.78, 5) is 11.6. The maximum atomic E-state index is 11.2. The minimum absolute atomic E-state index is 0.289. The third-order valence-corrected chi connectivity index (χ3v) is 3.22. The van der Waals surface area contributed by atoms with Crippen molar-refractivity contribution in [1.29, 1.82) is 0 Å². The Morgan fingerprint density at radius 3 is 2.47 bits per heavy atom. The zero-order chi connectivity index (χ0) is 11.3. The first-order valence-corrected chi connectivity index (χ1v) is 5.93. The lowest BCUT2D eigenvalue weighted by Gasteiger charge is -2.08. The molecule has 0 fully saturated rings. The summed E-state index contributed by atoms with van der Waals surface area (Å²) in [7, 11) is 1.39. The molecule has 15 heavy (non-hydrogen) atoms. The maximum Gasteiger partial charge on any atom is 0.337 e. The fourth-order valence-electron chi connectivity index (χ4n) is 1.37. The first kappa shape index (κ1) is 12.2. The Balaban J connectivity index is 2.76. The third-order valence-electron chi connectivity index (χ3n) is 2.24. The highest BCUT2D eigenvalue weighted by molar-refractivity contribution is 9.09. The monoisotopic (exact) mass is 270 g/mol. The molecule has 0 N–H and O–H groups in total. The van der Waals surface area contributed by atoms with E-state index in [4.69, 9.17) is 0 Å². The van der Waals surface area contributed by atoms with Crippen molar-refractivity contribution in [3.63, 3.8) is 0 Å². The molecule has 1 rings (SSSR count). The van der Waals surface area contributed by atoms with Crippen molar-refractivity contribution >= 4 is 21.9 Å². The Kier molecular flexibility index (Phi) is 4.82. The molecule has 0 heterocycles. The number of carbonyl (C=O) groups excluding carboxylic acids is 1. The molecule has 0 aliphatic heterocycles. The van der Waals surface area contributed by atoms with E-state index >= 15 is 0 Å². The van der Waals surface area contributed by atoms with Gasteiger partial charge in [0.25, 0.3) is 0 Å². The van der Waals surface area contributed by atoms with E-state index in [2.05, 4.69) is 27.6 Å². The van der Waals surface area contributed by atoms with Crippen LogP contribution in [-0.2, 0) is 4.74 Å². The van der Waals surface area contributed by atoms with E-state index < -0.39 is 0 Å². The lowest BCUT2D eigenvalue weighted by atomic mass is 10.1. The molecule has 0 spiro atoms. The van der Waals surface area contributed by atoms with Gasteiger partial charge in [-0.2, -0.15) is 0 Å². The van der Waals surface area contributed by atoms with Gasteiger partial charge in [0.2, 0.25) is 0 Å². The van der Waals surface area contributed by atoms with E-state index in [1.165, 1.54) is 12.7 Å². The molecule has 0 unspecified atom stereocenters. The molecule has 0 aliphatic carbocycles. The topological polar surface area (TPSA) is 26.3 Å². The van der Waals surface area contributed by atoms with Crippen LogP contribution in [0.5, 0.6) is 0 Å². The van der Waals surface area contributed by atoms with E-state index in [0.29, 0.717) is 10.4 Å². The fourth-order valence-corrected chi connectivity index (χ4v) is 2.13. The van der Waals surface area contributed by atoms with Gasteiger partial charge in [0, 0.05) is 4.83 Å². The molecule has 2 nitrogen and oxygen atoms in total. The molecule has 3 heteroatoms. The Morgan fingerprint density at radius 1 is 1.40 bits per heavy atom. The van der Waals surface area contributed by atoms with Crippen molar-refractivity contribution in [1.82, 2.24) is 0 Å². The molecule has 0 radical (unpaired) electrons. The van der Waals surface area contributed by atoms with Crippen LogP contribution in [0.3, 0.4) is 0 Å². The summed E-state index contributed by atoms with van der Waals surface area (Å²) in [5.41, 5.74) is 1.79. The Morgan fingerprint density at radius 2 is 2.00 bits per heavy atom. The number of methoxy groups -OCH3 is 1. The standard InChI is InChI=1S/C12H15BrO2/c1-3-4-11(13)9-5-7-10(8-6-9)12(14)15-2/h5-8,11H,3-4H2,1-2H3/t11-/m0/s1. The van der Waals surface area contributed by atoms with Gasteiger partial charge in [0.1, 0.15) is 0 Å². The van der Waals surface area contributed by atoms with Crippen LogP contribution in [0.4, 0.5) is 0 Å². The number of hydrogen-bond donors (Lipinski definition) is 0. The van der Waals surface area contributed by atoms with Gasteiger partial charge in [-0.05, 0) is 24.1 Å². The van der Waals surface area contributed by atoms with E-state index in [9.17, 15) is 4.79 Å². The van der Waals surface area contributed by atoms with E-state index in [1.807, 2.05) is 12.1 Å². The second-order valence-corrected chi connectivity index (χ2v) is 4.48. The smallest absolute Gasteiger partial charge is 0.337 e. The molecular formula is C12H15BrO2. The number of esters is 1. The summed E-state index contributed by atoms with van der Waals surface area (Å²) < 4.78 is 4.63. The number of alkyl halides is 1. The van der Waals surface area contributed by atoms with Crippen molar-refractivity contribution in [2.45, 2.75) is 24.6 Å². The highest BCUT2D eigenvalue weighted by Gasteiger charge is 2.08. The van der Waals surface area contributed by atoms with Gasteiger partial charge in [-0.15, -0.1) is 0 Å². The molecular weight excluding hydrogens is 256 g/mol. The van der Waals surface area contributed by atoms with Crippen LogP contribution in [-0.4, -0.2) is 13.1 Å². The minimum atomic E-state index is -0.289. The van der Waals surface area contributed by atoms with Gasteiger partial charge in [-0.1, -0.05) is 41.4 Å². The number of benzene rings is 1. The number of halogens is 1. The molecule has 0 amide bonds. The minimum Gasteiger partial charge on any atom is -0.465 e. The number of ether oxygens (including phenoxy) is 1. The first-order valence-electron chi connectivity index (χ1n) is 5.01. The number of hydrogen-bond acceptors (Lipinski definition) is 2. The normalized spacial score (nSPS) is 12.2. The Bertz CT molecular complexity index is 319. The molecule has 1 aromatic rings. The van der Waals surface area contributed by atoms with Crippen molar-refractivity contribution in [2.75, 3.05) is 7.11 Å². The van der Waals surface area contributed by atoms with Crippen LogP contribution >= 0.6 is 15.9 Å². The second-order valence-electron chi connectivity index (χ2n) is 3.37. The van der Waals surface area contributed by atoms with Crippen molar-refractivity contribution in [3.05, 3.63) is 35.4 Å². The maximum absolute atomic E-state index is 11.2. The highest BCUT2D eigenvalue weighted by Crippen LogP contribution is 2.27. The highest BCUT2D eigenvalue weighted by atomic mass is 79.9. The van der Waals surface area contributed by atoms with Gasteiger partial charge in [-0.3, -0.25) is 0 Å². The van der Waals surface area contributed by atoms with E-state index in [-0.39, 0.29) is 5.97 Å². The average Bonchev–Trinajstić information content (AvgIpc) is 2.28. The molecule has 1 aromatic carbocycles. The van der Waals surface area contributed by atoms with Crippen molar-refractivity contribution < 1.29 is 9.53 Å². The van der Waals surface area contributed by atoms with Crippen LogP contribution in [0.25, 0.3) is 0 Å². The molecule has 0 saturated carbocycles. The lowest BCUT2D eigenvalue weighted by Crippen LogP contribution is -2.01. The lowest BCUT2D eigenvalue weighted by molar-refractivity contribution is 0.0600. The molecule has 1 atom stereocenters. The van der Waals surface area contributed by atoms with Gasteiger partial charge < -0.3 is 4.74 Å². The Hall–Kier alpha value is -0.830. The molecule has 82 valence electrons. The summed E-state index contributed by atoms with van der Waals surface area (Å²) in [6.45, 7) is 2.15. The van der Waals surface area contributed by atoms with E-state index in [0.717, 1.165) is 12.8 Å². The average molecular weight is 271 g/mol. The van der Waals surface area contributed by atoms with Gasteiger partial charge in [-0.25, -0.2) is 4.79 Å². The SMILES string of the molecule is CCC[C@H](Br)c1ccc(C(=O)OC)cc1. The van der Waals surface area contributed by atoms with Crippen LogP contribution in [0.1, 0.15) is 40.5 Å². The second kappa shape index (κ2) is 5.91. The van der Waals surface area contributed by atoms with Crippen LogP contribution in [0.2, 0.25) is 0 Å². The number of rotatable bonds is 4. The summed E-state index contributed by atoms with van der Waals surface area (Å²) in [6.07, 6.45) is 2.23. The molecule has 0 bridgehead atoms. The molecule has 0 saturated heterocycles. The van der Waals surface area contributed by atoms with E-state index in [1.54, 1.807) is 12.1 Å². The fraction of sp³-hybridized carbons (Fsp3) is 0.417. The van der Waals surface area contributed by atoms with Gasteiger partial charge >= 0.3 is 5.97 Å². The predicted octanol–water partition coefficient (Wildman–Crippen LogP) is 3.71. The summed E-state index contributed by atoms with van der Waals surface area (Å²) in [6, 6.07) is 7.51. The third kappa shape index (κ3) is 3.34. The predicted molar refractivity (Wildman–Crippen MR) is 64.4 cm³/mol. The van der Waals surface area contributed by atoms with Crippen molar-refractivity contribution in [2.24, 2.45) is 0 Å². The van der Waals surface area contributed by atoms with Gasteiger partial charge in [0.05, 0.1) is 12.7 Å². The van der Waals surface area contributed by atoms with Crippen LogP contribution in [0, 0.1) is 0 Å². The summed E-state index contributed by atoms with van der Waals surface area (Å²) >= 11 is 3.61. The summed E-state index contributed by atoms with van der Waals surface area (Å²) in [5.74, 6) is -0.289. The largest absolute Gasteiger partial charge is 0.465 e. The first-order chi connectivity index (χ1) is 7.19. The number of carbonyl (C=O) groups is 1. The zero-order valence-corrected chi connectivity index (χ0v) is 10.6. The Labute approximate surface area is 98.8 Å². The van der Waals surface area contributed by atoms with Crippen LogP contribution in [0.15, 0.2) is 24.3 Å². The van der Waals surface area contributed by atoms with Gasteiger partial charge in [0.15, 0.2) is 0 Å². The summed E-state index contributed by atoms with van der Waals surface area (Å²) in [5, 5.41) is 0. The van der Waals surface area contributed by atoms with Crippen molar-refractivity contribution in [3.8, 4) is 0 Å².